The lowest BCUT2D eigenvalue weighted by atomic mass is 10.1. The Labute approximate surface area is 114 Å². The summed E-state index contributed by atoms with van der Waals surface area (Å²) < 4.78 is 7.22. The Hall–Kier alpha value is -1.76. The van der Waals surface area contributed by atoms with Gasteiger partial charge in [-0.05, 0) is 24.6 Å². The predicted molar refractivity (Wildman–Crippen MR) is 79.0 cm³/mol. The van der Waals surface area contributed by atoms with Crippen LogP contribution in [0.15, 0.2) is 30.5 Å². The molecule has 2 aromatic rings. The van der Waals surface area contributed by atoms with Crippen molar-refractivity contribution in [3.8, 4) is 11.8 Å². The summed E-state index contributed by atoms with van der Waals surface area (Å²) in [4.78, 5) is 0. The summed E-state index contributed by atoms with van der Waals surface area (Å²) in [5, 5.41) is 4.68. The van der Waals surface area contributed by atoms with E-state index in [9.17, 15) is 0 Å². The largest absolute Gasteiger partial charge is 0.383 e. The lowest BCUT2D eigenvalue weighted by molar-refractivity contribution is 0.199. The van der Waals surface area contributed by atoms with E-state index in [1.54, 1.807) is 7.11 Å². The molecule has 3 nitrogen and oxygen atoms in total. The number of nitrogens with one attached hydrogen (secondary N) is 1. The van der Waals surface area contributed by atoms with Crippen LogP contribution in [0.1, 0.15) is 12.5 Å². The maximum Gasteiger partial charge on any atom is 0.0837 e. The van der Waals surface area contributed by atoms with Gasteiger partial charge in [0.25, 0.3) is 0 Å². The van der Waals surface area contributed by atoms with Crippen molar-refractivity contribution in [3.05, 3.63) is 36.0 Å². The number of hydrogen-bond acceptors (Lipinski definition) is 2. The van der Waals surface area contributed by atoms with E-state index in [1.165, 1.54) is 16.5 Å². The number of benzene rings is 1. The van der Waals surface area contributed by atoms with Gasteiger partial charge in [-0.2, -0.15) is 0 Å². The van der Waals surface area contributed by atoms with Gasteiger partial charge < -0.3 is 14.6 Å². The van der Waals surface area contributed by atoms with E-state index in [2.05, 4.69) is 52.2 Å². The van der Waals surface area contributed by atoms with Crippen molar-refractivity contribution in [2.75, 3.05) is 20.3 Å². The Morgan fingerprint density at radius 3 is 3.00 bits per heavy atom. The van der Waals surface area contributed by atoms with Gasteiger partial charge in [-0.15, -0.1) is 5.92 Å². The lowest BCUT2D eigenvalue weighted by Crippen LogP contribution is -2.18. The number of hydrogen-bond donors (Lipinski definition) is 1. The molecule has 0 aliphatic carbocycles. The van der Waals surface area contributed by atoms with Crippen LogP contribution in [0.2, 0.25) is 0 Å². The lowest BCUT2D eigenvalue weighted by Gasteiger charge is -2.07. The van der Waals surface area contributed by atoms with Crippen LogP contribution >= 0.6 is 0 Å². The summed E-state index contributed by atoms with van der Waals surface area (Å²) in [6, 6.07) is 8.58. The van der Waals surface area contributed by atoms with E-state index in [0.29, 0.717) is 0 Å². The number of fused-ring (bicyclic) bond motifs is 1. The van der Waals surface area contributed by atoms with Gasteiger partial charge in [0.1, 0.15) is 0 Å². The molecule has 0 saturated heterocycles. The van der Waals surface area contributed by atoms with Gasteiger partial charge >= 0.3 is 0 Å². The average Bonchev–Trinajstić information content (AvgIpc) is 2.85. The molecule has 19 heavy (non-hydrogen) atoms. The molecule has 1 N–H and O–H groups in total. The monoisotopic (exact) mass is 256 g/mol. The fourth-order valence-electron chi connectivity index (χ4n) is 2.14. The summed E-state index contributed by atoms with van der Waals surface area (Å²) in [5.41, 5.74) is 2.56. The van der Waals surface area contributed by atoms with E-state index < -0.39 is 0 Å². The molecule has 0 amide bonds. The van der Waals surface area contributed by atoms with Crippen LogP contribution in [0.3, 0.4) is 0 Å². The first kappa shape index (κ1) is 13.7. The number of methoxy groups -OCH3 is 1. The van der Waals surface area contributed by atoms with Crippen LogP contribution in [0.5, 0.6) is 0 Å². The van der Waals surface area contributed by atoms with E-state index in [-0.39, 0.29) is 0 Å². The first-order valence-corrected chi connectivity index (χ1v) is 6.53. The predicted octanol–water partition coefficient (Wildman–Crippen LogP) is 2.40. The molecule has 0 fully saturated rings. The topological polar surface area (TPSA) is 26.2 Å². The Morgan fingerprint density at radius 2 is 2.21 bits per heavy atom. The Morgan fingerprint density at radius 1 is 1.32 bits per heavy atom. The van der Waals surface area contributed by atoms with Gasteiger partial charge in [0.15, 0.2) is 0 Å². The minimum Gasteiger partial charge on any atom is -0.383 e. The highest BCUT2D eigenvalue weighted by Crippen LogP contribution is 2.20. The third kappa shape index (κ3) is 3.37. The number of rotatable bonds is 6. The zero-order valence-electron chi connectivity index (χ0n) is 11.6. The van der Waals surface area contributed by atoms with Gasteiger partial charge in [0.05, 0.1) is 13.2 Å². The van der Waals surface area contributed by atoms with E-state index in [1.807, 2.05) is 6.92 Å². The van der Waals surface area contributed by atoms with Gasteiger partial charge in [-0.1, -0.05) is 18.1 Å². The third-order valence-electron chi connectivity index (χ3n) is 3.13. The van der Waals surface area contributed by atoms with Gasteiger partial charge in [0, 0.05) is 37.3 Å². The molecule has 2 rings (SSSR count). The SMILES string of the molecule is CC#CCn1ccc2c(CNCCOC)cccc21. The number of nitrogens with zero attached hydrogens (tertiary/aromatic N) is 1. The van der Waals surface area contributed by atoms with Crippen molar-refractivity contribution in [2.45, 2.75) is 20.0 Å². The van der Waals surface area contributed by atoms with E-state index in [0.717, 1.165) is 26.2 Å². The van der Waals surface area contributed by atoms with Crippen LogP contribution < -0.4 is 5.32 Å². The van der Waals surface area contributed by atoms with Crippen LogP contribution in [0, 0.1) is 11.8 Å². The Bertz CT molecular complexity index is 590. The summed E-state index contributed by atoms with van der Waals surface area (Å²) >= 11 is 0. The normalized spacial score (nSPS) is 10.4. The molecule has 0 bridgehead atoms. The summed E-state index contributed by atoms with van der Waals surface area (Å²) in [5.74, 6) is 6.04. The molecule has 0 aliphatic heterocycles. The van der Waals surface area contributed by atoms with Gasteiger partial charge in [-0.25, -0.2) is 0 Å². The molecule has 0 radical (unpaired) electrons. The molecule has 1 aromatic carbocycles. The minimum atomic E-state index is 0.739. The molecule has 0 spiro atoms. The van der Waals surface area contributed by atoms with Crippen LogP contribution in [-0.2, 0) is 17.8 Å². The van der Waals surface area contributed by atoms with Crippen molar-refractivity contribution in [1.82, 2.24) is 9.88 Å². The highest BCUT2D eigenvalue weighted by Gasteiger charge is 2.04. The van der Waals surface area contributed by atoms with E-state index >= 15 is 0 Å². The zero-order valence-corrected chi connectivity index (χ0v) is 11.6. The van der Waals surface area contributed by atoms with Gasteiger partial charge in [-0.3, -0.25) is 0 Å². The first-order chi connectivity index (χ1) is 9.36. The highest BCUT2D eigenvalue weighted by molar-refractivity contribution is 5.83. The van der Waals surface area contributed by atoms with Crippen LogP contribution in [0.4, 0.5) is 0 Å². The van der Waals surface area contributed by atoms with Crippen LogP contribution in [0.25, 0.3) is 10.9 Å². The molecule has 0 saturated carbocycles. The van der Waals surface area contributed by atoms with Crippen molar-refractivity contribution >= 4 is 10.9 Å². The fraction of sp³-hybridized carbons (Fsp3) is 0.375. The van der Waals surface area contributed by atoms with Gasteiger partial charge in [0.2, 0.25) is 0 Å². The Balaban J connectivity index is 2.15. The smallest absolute Gasteiger partial charge is 0.0837 e. The summed E-state index contributed by atoms with van der Waals surface area (Å²) in [6.45, 7) is 5.10. The molecule has 1 heterocycles. The molecule has 100 valence electrons. The fourth-order valence-corrected chi connectivity index (χ4v) is 2.14. The molecule has 0 aliphatic rings. The number of ether oxygens (including phenoxy) is 1. The number of aromatic nitrogens is 1. The summed E-state index contributed by atoms with van der Waals surface area (Å²) in [6.07, 6.45) is 2.10. The molecular weight excluding hydrogens is 236 g/mol. The average molecular weight is 256 g/mol. The Kier molecular flexibility index (Phi) is 5.02. The van der Waals surface area contributed by atoms with Crippen molar-refractivity contribution in [3.63, 3.8) is 0 Å². The molecule has 0 atom stereocenters. The standard InChI is InChI=1S/C16H20N2O/c1-3-4-10-18-11-8-15-14(6-5-7-16(15)18)13-17-9-12-19-2/h5-8,11,17H,9-10,12-13H2,1-2H3. The molecule has 0 unspecified atom stereocenters. The second-order valence-corrected chi connectivity index (χ2v) is 4.39. The second-order valence-electron chi connectivity index (χ2n) is 4.39. The van der Waals surface area contributed by atoms with E-state index in [4.69, 9.17) is 4.74 Å². The zero-order chi connectivity index (χ0) is 13.5. The molecule has 1 aromatic heterocycles. The van der Waals surface area contributed by atoms with Crippen molar-refractivity contribution in [1.29, 1.82) is 0 Å². The van der Waals surface area contributed by atoms with Crippen molar-refractivity contribution in [2.24, 2.45) is 0 Å². The quantitative estimate of drug-likeness (QED) is 0.634. The van der Waals surface area contributed by atoms with Crippen LogP contribution in [-0.4, -0.2) is 24.8 Å². The maximum atomic E-state index is 5.03. The summed E-state index contributed by atoms with van der Waals surface area (Å²) in [7, 11) is 1.72. The molecule has 3 heteroatoms. The van der Waals surface area contributed by atoms with Crippen molar-refractivity contribution < 1.29 is 4.74 Å². The maximum absolute atomic E-state index is 5.03. The first-order valence-electron chi connectivity index (χ1n) is 6.53. The third-order valence-corrected chi connectivity index (χ3v) is 3.13. The highest BCUT2D eigenvalue weighted by atomic mass is 16.5. The minimum absolute atomic E-state index is 0.739. The molecular formula is C16H20N2O. The second kappa shape index (κ2) is 6.98.